The lowest BCUT2D eigenvalue weighted by atomic mass is 10.1. The monoisotopic (exact) mass is 518 g/mol. The molecule has 1 amide bonds. The average Bonchev–Trinajstić information content (AvgIpc) is 3.43. The van der Waals surface area contributed by atoms with E-state index in [0.29, 0.717) is 39.2 Å². The fourth-order valence-corrected chi connectivity index (χ4v) is 5.20. The second-order valence-electron chi connectivity index (χ2n) is 8.55. The second-order valence-corrected chi connectivity index (χ2v) is 9.82. The first-order chi connectivity index (χ1) is 17.3. The molecule has 0 aliphatic carbocycles. The molecule has 0 bridgehead atoms. The van der Waals surface area contributed by atoms with E-state index < -0.39 is 0 Å². The Hall–Kier alpha value is -3.82. The summed E-state index contributed by atoms with van der Waals surface area (Å²) in [4.78, 5) is 35.6. The Balaban J connectivity index is 1.49. The van der Waals surface area contributed by atoms with E-state index in [1.54, 1.807) is 29.4 Å². The summed E-state index contributed by atoms with van der Waals surface area (Å²) in [6, 6.07) is 11.2. The van der Waals surface area contributed by atoms with E-state index in [1.807, 2.05) is 50.2 Å². The van der Waals surface area contributed by atoms with E-state index in [2.05, 4.69) is 15.3 Å². The lowest BCUT2D eigenvalue weighted by Gasteiger charge is -2.09. The second kappa shape index (κ2) is 9.67. The third-order valence-corrected chi connectivity index (χ3v) is 7.03. The minimum absolute atomic E-state index is 0.0551. The third kappa shape index (κ3) is 4.55. The zero-order valence-corrected chi connectivity index (χ0v) is 21.5. The molecule has 0 aliphatic rings. The summed E-state index contributed by atoms with van der Waals surface area (Å²) in [5.41, 5.74) is 5.47. The molecule has 0 radical (unpaired) electrons. The van der Waals surface area contributed by atoms with Crippen LogP contribution in [0.4, 0.5) is 0 Å². The topological polar surface area (TPSA) is 94.2 Å². The molecule has 1 N–H and O–H groups in total. The van der Waals surface area contributed by atoms with Gasteiger partial charge in [-0.3, -0.25) is 19.0 Å². The number of pyridine rings is 1. The summed E-state index contributed by atoms with van der Waals surface area (Å²) in [6.07, 6.45) is 3.44. The summed E-state index contributed by atoms with van der Waals surface area (Å²) < 4.78 is 3.29. The number of hydrogen-bond donors (Lipinski definition) is 1. The van der Waals surface area contributed by atoms with Crippen molar-refractivity contribution in [1.82, 2.24) is 29.5 Å². The zero-order chi connectivity index (χ0) is 25.4. The fraction of sp³-hybridized carbons (Fsp3) is 0.192. The number of aromatic nitrogens is 5. The van der Waals surface area contributed by atoms with E-state index in [9.17, 15) is 9.59 Å². The van der Waals surface area contributed by atoms with E-state index in [1.165, 1.54) is 15.7 Å². The molecule has 5 aromatic rings. The van der Waals surface area contributed by atoms with Gasteiger partial charge in [-0.2, -0.15) is 5.10 Å². The van der Waals surface area contributed by atoms with Gasteiger partial charge in [-0.05, 0) is 56.2 Å². The molecule has 0 unspecified atom stereocenters. The van der Waals surface area contributed by atoms with Crippen LogP contribution in [0.3, 0.4) is 0 Å². The molecule has 182 valence electrons. The zero-order valence-electron chi connectivity index (χ0n) is 19.9. The molecule has 10 heteroatoms. The highest BCUT2D eigenvalue weighted by Crippen LogP contribution is 2.26. The van der Waals surface area contributed by atoms with E-state index in [0.717, 1.165) is 22.5 Å². The number of benzene rings is 1. The van der Waals surface area contributed by atoms with Crippen LogP contribution in [0.5, 0.6) is 0 Å². The molecule has 0 spiro atoms. The first-order valence-corrected chi connectivity index (χ1v) is 12.6. The van der Waals surface area contributed by atoms with Crippen LogP contribution in [-0.2, 0) is 17.8 Å². The van der Waals surface area contributed by atoms with Gasteiger partial charge < -0.3 is 5.32 Å². The number of nitrogens with one attached hydrogen (secondary N) is 1. The molecule has 0 saturated heterocycles. The van der Waals surface area contributed by atoms with Crippen LogP contribution in [0.15, 0.2) is 59.0 Å². The Labute approximate surface area is 216 Å². The predicted molar refractivity (Wildman–Crippen MR) is 141 cm³/mol. The number of thiazole rings is 1. The summed E-state index contributed by atoms with van der Waals surface area (Å²) in [5, 5.41) is 10.0. The highest BCUT2D eigenvalue weighted by atomic mass is 35.5. The predicted octanol–water partition coefficient (Wildman–Crippen LogP) is 4.44. The molecular formula is C26H23ClN6O2S. The molecule has 36 heavy (non-hydrogen) atoms. The minimum Gasteiger partial charge on any atom is -0.352 e. The van der Waals surface area contributed by atoms with E-state index >= 15 is 0 Å². The number of rotatable bonds is 6. The van der Waals surface area contributed by atoms with Gasteiger partial charge in [0.25, 0.3) is 5.56 Å². The van der Waals surface area contributed by atoms with Crippen molar-refractivity contribution < 1.29 is 4.79 Å². The Morgan fingerprint density at radius 1 is 1.17 bits per heavy atom. The summed E-state index contributed by atoms with van der Waals surface area (Å²) in [5.74, 6) is -0.191. The fourth-order valence-electron chi connectivity index (χ4n) is 4.11. The van der Waals surface area contributed by atoms with Crippen LogP contribution in [0, 0.1) is 20.8 Å². The molecule has 4 heterocycles. The van der Waals surface area contributed by atoms with Crippen molar-refractivity contribution in [1.29, 1.82) is 0 Å². The molecule has 1 aromatic carbocycles. The number of halogens is 1. The van der Waals surface area contributed by atoms with Crippen LogP contribution in [0.1, 0.15) is 28.2 Å². The first kappa shape index (κ1) is 23.9. The Morgan fingerprint density at radius 2 is 2.00 bits per heavy atom. The number of fused-ring (bicyclic) bond motifs is 1. The van der Waals surface area contributed by atoms with Gasteiger partial charge in [0.15, 0.2) is 4.96 Å². The molecule has 4 aromatic heterocycles. The summed E-state index contributed by atoms with van der Waals surface area (Å²) >= 11 is 7.56. The maximum absolute atomic E-state index is 13.7. The number of aryl methyl sites for hydroxylation is 3. The van der Waals surface area contributed by atoms with Crippen molar-refractivity contribution in [2.45, 2.75) is 33.7 Å². The quantitative estimate of drug-likeness (QED) is 0.358. The van der Waals surface area contributed by atoms with Crippen LogP contribution in [-0.4, -0.2) is 30.1 Å². The third-order valence-electron chi connectivity index (χ3n) is 5.92. The van der Waals surface area contributed by atoms with Crippen molar-refractivity contribution in [3.63, 3.8) is 0 Å². The number of carbonyl (C=O) groups is 1. The minimum atomic E-state index is -0.249. The van der Waals surface area contributed by atoms with Gasteiger partial charge in [0.2, 0.25) is 5.91 Å². The van der Waals surface area contributed by atoms with Gasteiger partial charge >= 0.3 is 0 Å². The van der Waals surface area contributed by atoms with Crippen molar-refractivity contribution in [2.75, 3.05) is 0 Å². The lowest BCUT2D eigenvalue weighted by Crippen LogP contribution is -2.27. The van der Waals surface area contributed by atoms with Crippen molar-refractivity contribution >= 4 is 33.8 Å². The van der Waals surface area contributed by atoms with Crippen LogP contribution in [0.2, 0.25) is 5.02 Å². The SMILES string of the molecule is Cc1ccc(Cl)cc1-n1nc(-c2c(C)nc3scc(CC(=O)NCc4cccnc4)n3c2=O)cc1C. The number of hydrogen-bond acceptors (Lipinski definition) is 6. The Morgan fingerprint density at radius 3 is 2.78 bits per heavy atom. The summed E-state index contributed by atoms with van der Waals surface area (Å²) in [6.45, 7) is 6.08. The average molecular weight is 519 g/mol. The lowest BCUT2D eigenvalue weighted by molar-refractivity contribution is -0.120. The van der Waals surface area contributed by atoms with Gasteiger partial charge in [-0.25, -0.2) is 9.67 Å². The standard InChI is InChI=1S/C26H23ClN6O2S/c1-15-6-7-19(27)10-22(15)33-16(2)9-21(31-33)24-17(3)30-26-32(25(24)35)20(14-36-26)11-23(34)29-13-18-5-4-8-28-12-18/h4-10,12,14H,11,13H2,1-3H3,(H,29,34). The first-order valence-electron chi connectivity index (χ1n) is 11.3. The number of carbonyl (C=O) groups excluding carboxylic acids is 1. The van der Waals surface area contributed by atoms with Crippen molar-refractivity contribution in [2.24, 2.45) is 0 Å². The molecule has 5 rings (SSSR count). The van der Waals surface area contributed by atoms with Gasteiger partial charge in [-0.15, -0.1) is 11.3 Å². The Bertz CT molecular complexity index is 1650. The van der Waals surface area contributed by atoms with Crippen molar-refractivity contribution in [3.05, 3.63) is 97.8 Å². The summed E-state index contributed by atoms with van der Waals surface area (Å²) in [7, 11) is 0. The van der Waals surface area contributed by atoms with Gasteiger partial charge in [0, 0.05) is 40.7 Å². The van der Waals surface area contributed by atoms with Crippen molar-refractivity contribution in [3.8, 4) is 16.9 Å². The molecule has 0 saturated carbocycles. The van der Waals surface area contributed by atoms with E-state index in [-0.39, 0.29) is 17.9 Å². The van der Waals surface area contributed by atoms with Crippen LogP contribution < -0.4 is 10.9 Å². The normalized spacial score (nSPS) is 11.2. The van der Waals surface area contributed by atoms with Gasteiger partial charge in [0.05, 0.1) is 23.4 Å². The molecular weight excluding hydrogens is 496 g/mol. The smallest absolute Gasteiger partial charge is 0.268 e. The molecule has 0 fully saturated rings. The van der Waals surface area contributed by atoms with E-state index in [4.69, 9.17) is 16.7 Å². The van der Waals surface area contributed by atoms with Gasteiger partial charge in [0.1, 0.15) is 5.69 Å². The molecule has 0 aliphatic heterocycles. The number of amides is 1. The molecule has 0 atom stereocenters. The van der Waals surface area contributed by atoms with Crippen LogP contribution in [0.25, 0.3) is 21.9 Å². The molecule has 8 nitrogen and oxygen atoms in total. The van der Waals surface area contributed by atoms with Crippen LogP contribution >= 0.6 is 22.9 Å². The highest BCUT2D eigenvalue weighted by molar-refractivity contribution is 7.15. The Kier molecular flexibility index (Phi) is 6.42. The highest BCUT2D eigenvalue weighted by Gasteiger charge is 2.20. The largest absolute Gasteiger partial charge is 0.352 e. The van der Waals surface area contributed by atoms with Gasteiger partial charge in [-0.1, -0.05) is 23.7 Å². The maximum atomic E-state index is 13.7. The maximum Gasteiger partial charge on any atom is 0.268 e. The number of nitrogens with zero attached hydrogens (tertiary/aromatic N) is 5.